The summed E-state index contributed by atoms with van der Waals surface area (Å²) >= 11 is 6.23. The minimum absolute atomic E-state index is 0.262. The number of amides is 2. The molecule has 1 aliphatic heterocycles. The van der Waals surface area contributed by atoms with Gasteiger partial charge >= 0.3 is 6.03 Å². The van der Waals surface area contributed by atoms with Crippen molar-refractivity contribution in [2.75, 3.05) is 5.32 Å². The second-order valence-electron chi connectivity index (χ2n) is 7.69. The Bertz CT molecular complexity index is 1120. The zero-order valence-electron chi connectivity index (χ0n) is 15.5. The molecule has 148 valence electrons. The lowest BCUT2D eigenvalue weighted by Gasteiger charge is -2.48. The predicted octanol–water partition coefficient (Wildman–Crippen LogP) is 5.60. The minimum atomic E-state index is -0.359. The van der Waals surface area contributed by atoms with E-state index in [4.69, 9.17) is 16.3 Å². The molecule has 1 aromatic heterocycles. The van der Waals surface area contributed by atoms with Crippen LogP contribution in [0.1, 0.15) is 37.3 Å². The number of carbonyl (C=O) groups is 1. The summed E-state index contributed by atoms with van der Waals surface area (Å²) in [7, 11) is 0. The molecule has 2 N–H and O–H groups in total. The summed E-state index contributed by atoms with van der Waals surface area (Å²) in [5, 5.41) is 8.04. The SMILES string of the molecule is O=C(Nc1ccc(Cl)c2cnccc12)NC1CC2(CCC2)Oc2ccc(F)cc21. The van der Waals surface area contributed by atoms with Crippen molar-refractivity contribution in [1.29, 1.82) is 0 Å². The molecule has 1 atom stereocenters. The fourth-order valence-corrected chi connectivity index (χ4v) is 4.44. The maximum atomic E-state index is 13.9. The van der Waals surface area contributed by atoms with Crippen LogP contribution < -0.4 is 15.4 Å². The average molecular weight is 412 g/mol. The Morgan fingerprint density at radius 2 is 2.07 bits per heavy atom. The van der Waals surface area contributed by atoms with Crippen LogP contribution in [0.5, 0.6) is 5.75 Å². The molecule has 5 rings (SSSR count). The molecule has 2 amide bonds. The molecular formula is C22H19ClFN3O2. The molecule has 5 nitrogen and oxygen atoms in total. The number of ether oxygens (including phenoxy) is 1. The van der Waals surface area contributed by atoms with E-state index in [-0.39, 0.29) is 23.5 Å². The van der Waals surface area contributed by atoms with Crippen LogP contribution in [0, 0.1) is 5.82 Å². The topological polar surface area (TPSA) is 63.2 Å². The van der Waals surface area contributed by atoms with Crippen molar-refractivity contribution >= 4 is 34.1 Å². The van der Waals surface area contributed by atoms with E-state index in [1.165, 1.54) is 12.1 Å². The van der Waals surface area contributed by atoms with Gasteiger partial charge < -0.3 is 15.4 Å². The van der Waals surface area contributed by atoms with Crippen molar-refractivity contribution in [3.05, 3.63) is 65.2 Å². The summed E-state index contributed by atoms with van der Waals surface area (Å²) in [6.45, 7) is 0. The number of pyridine rings is 1. The molecule has 1 fully saturated rings. The highest BCUT2D eigenvalue weighted by atomic mass is 35.5. The van der Waals surface area contributed by atoms with Crippen LogP contribution in [0.4, 0.5) is 14.9 Å². The van der Waals surface area contributed by atoms with Crippen molar-refractivity contribution in [3.63, 3.8) is 0 Å². The van der Waals surface area contributed by atoms with Gasteiger partial charge in [-0.1, -0.05) is 11.6 Å². The zero-order chi connectivity index (χ0) is 20.0. The number of anilines is 1. The Kier molecular flexibility index (Phi) is 4.32. The van der Waals surface area contributed by atoms with Gasteiger partial charge in [-0.2, -0.15) is 0 Å². The van der Waals surface area contributed by atoms with Gasteiger partial charge in [0.2, 0.25) is 0 Å². The zero-order valence-corrected chi connectivity index (χ0v) is 16.3. The number of hydrogen-bond acceptors (Lipinski definition) is 3. The molecule has 7 heteroatoms. The Labute approximate surface area is 172 Å². The van der Waals surface area contributed by atoms with Gasteiger partial charge in [0.05, 0.1) is 16.8 Å². The molecule has 29 heavy (non-hydrogen) atoms. The smallest absolute Gasteiger partial charge is 0.319 e. The Hall–Kier alpha value is -2.86. The Balaban J connectivity index is 1.41. The third-order valence-electron chi connectivity index (χ3n) is 5.83. The highest BCUT2D eigenvalue weighted by Gasteiger charge is 2.46. The highest BCUT2D eigenvalue weighted by molar-refractivity contribution is 6.36. The number of benzene rings is 2. The normalized spacial score (nSPS) is 19.2. The lowest BCUT2D eigenvalue weighted by atomic mass is 9.73. The average Bonchev–Trinajstić information content (AvgIpc) is 2.69. The van der Waals surface area contributed by atoms with Gasteiger partial charge in [-0.25, -0.2) is 9.18 Å². The number of aromatic nitrogens is 1. The maximum absolute atomic E-state index is 13.9. The summed E-state index contributed by atoms with van der Waals surface area (Å²) < 4.78 is 20.0. The molecule has 1 unspecified atom stereocenters. The molecule has 0 saturated heterocycles. The molecule has 2 heterocycles. The van der Waals surface area contributed by atoms with E-state index in [2.05, 4.69) is 15.6 Å². The number of halogens is 2. The number of urea groups is 1. The number of rotatable bonds is 2. The first-order valence-electron chi connectivity index (χ1n) is 9.61. The van der Waals surface area contributed by atoms with Gasteiger partial charge in [0.15, 0.2) is 0 Å². The van der Waals surface area contributed by atoms with Gasteiger partial charge in [0, 0.05) is 35.2 Å². The maximum Gasteiger partial charge on any atom is 0.319 e. The van der Waals surface area contributed by atoms with Crippen LogP contribution in [0.15, 0.2) is 48.8 Å². The fraction of sp³-hybridized carbons (Fsp3) is 0.273. The molecule has 0 radical (unpaired) electrons. The van der Waals surface area contributed by atoms with Gasteiger partial charge in [-0.3, -0.25) is 4.98 Å². The lowest BCUT2D eigenvalue weighted by molar-refractivity contribution is -0.0355. The minimum Gasteiger partial charge on any atom is -0.487 e. The quantitative estimate of drug-likeness (QED) is 0.577. The highest BCUT2D eigenvalue weighted by Crippen LogP contribution is 2.49. The van der Waals surface area contributed by atoms with Crippen LogP contribution >= 0.6 is 11.6 Å². The van der Waals surface area contributed by atoms with E-state index in [1.807, 2.05) is 0 Å². The van der Waals surface area contributed by atoms with Crippen molar-refractivity contribution in [1.82, 2.24) is 10.3 Å². The second kappa shape index (κ2) is 6.88. The van der Waals surface area contributed by atoms with E-state index in [0.717, 1.165) is 30.0 Å². The van der Waals surface area contributed by atoms with Gasteiger partial charge in [-0.05, 0) is 55.7 Å². The Morgan fingerprint density at radius 3 is 2.86 bits per heavy atom. The summed E-state index contributed by atoms with van der Waals surface area (Å²) in [5.74, 6) is 0.297. The van der Waals surface area contributed by atoms with Crippen molar-refractivity contribution in [2.45, 2.75) is 37.3 Å². The number of nitrogens with one attached hydrogen (secondary N) is 2. The van der Waals surface area contributed by atoms with Gasteiger partial charge in [-0.15, -0.1) is 0 Å². The largest absolute Gasteiger partial charge is 0.487 e. The molecule has 1 saturated carbocycles. The predicted molar refractivity (Wildman–Crippen MR) is 110 cm³/mol. The standard InChI is InChI=1S/C22H19ClFN3O2/c23-17-3-4-18(14-6-9-25-12-16(14)17)26-21(28)27-19-11-22(7-1-8-22)29-20-5-2-13(24)10-15(19)20/h2-6,9-10,12,19H,1,7-8,11H2,(H2,26,27,28). The molecule has 0 bridgehead atoms. The number of hydrogen-bond donors (Lipinski definition) is 2. The van der Waals surface area contributed by atoms with Crippen LogP contribution in [0.25, 0.3) is 10.8 Å². The summed E-state index contributed by atoms with van der Waals surface area (Å²) in [6.07, 6.45) is 6.93. The van der Waals surface area contributed by atoms with Crippen LogP contribution in [0.2, 0.25) is 5.02 Å². The van der Waals surface area contributed by atoms with Crippen molar-refractivity contribution < 1.29 is 13.9 Å². The molecule has 1 aliphatic carbocycles. The van der Waals surface area contributed by atoms with E-state index < -0.39 is 0 Å². The van der Waals surface area contributed by atoms with E-state index in [1.54, 1.807) is 36.7 Å². The lowest BCUT2D eigenvalue weighted by Crippen LogP contribution is -2.50. The summed E-state index contributed by atoms with van der Waals surface area (Å²) in [4.78, 5) is 16.9. The number of carbonyl (C=O) groups excluding carboxylic acids is 1. The van der Waals surface area contributed by atoms with Gasteiger partial charge in [0.25, 0.3) is 0 Å². The Morgan fingerprint density at radius 1 is 1.21 bits per heavy atom. The van der Waals surface area contributed by atoms with Crippen LogP contribution in [0.3, 0.4) is 0 Å². The van der Waals surface area contributed by atoms with Crippen molar-refractivity contribution in [2.24, 2.45) is 0 Å². The number of fused-ring (bicyclic) bond motifs is 2. The molecular weight excluding hydrogens is 393 g/mol. The first-order valence-corrected chi connectivity index (χ1v) is 9.99. The molecule has 3 aromatic rings. The molecule has 2 aromatic carbocycles. The number of nitrogens with zero attached hydrogens (tertiary/aromatic N) is 1. The first kappa shape index (κ1) is 18.2. The van der Waals surface area contributed by atoms with Crippen molar-refractivity contribution in [3.8, 4) is 5.75 Å². The van der Waals surface area contributed by atoms with E-state index in [9.17, 15) is 9.18 Å². The van der Waals surface area contributed by atoms with Crippen LogP contribution in [-0.2, 0) is 0 Å². The third-order valence-corrected chi connectivity index (χ3v) is 6.16. The second-order valence-corrected chi connectivity index (χ2v) is 8.10. The molecule has 1 spiro atoms. The van der Waals surface area contributed by atoms with E-state index >= 15 is 0 Å². The van der Waals surface area contributed by atoms with E-state index in [0.29, 0.717) is 28.4 Å². The van der Waals surface area contributed by atoms with Gasteiger partial charge in [0.1, 0.15) is 17.2 Å². The first-order chi connectivity index (χ1) is 14.0. The monoisotopic (exact) mass is 411 g/mol. The fourth-order valence-electron chi connectivity index (χ4n) is 4.23. The summed E-state index contributed by atoms with van der Waals surface area (Å²) in [5.41, 5.74) is 1.04. The summed E-state index contributed by atoms with van der Waals surface area (Å²) in [6, 6.07) is 9.09. The van der Waals surface area contributed by atoms with Crippen LogP contribution in [-0.4, -0.2) is 16.6 Å². The third kappa shape index (κ3) is 3.27. The molecule has 2 aliphatic rings.